The number of hydrogen-bond donors (Lipinski definition) is 1. The Kier molecular flexibility index (Phi) is 3.96. The van der Waals surface area contributed by atoms with E-state index in [0.717, 1.165) is 12.1 Å². The van der Waals surface area contributed by atoms with Crippen LogP contribution in [0.1, 0.15) is 44.2 Å². The topological polar surface area (TPSA) is 86.1 Å². The minimum atomic E-state index is -1.11. The van der Waals surface area contributed by atoms with Gasteiger partial charge in [-0.2, -0.15) is 5.10 Å². The molecule has 2 aromatic heterocycles. The number of anilines is 1. The molecule has 1 amide bonds. The number of fused-ring (bicyclic) bond motifs is 2. The number of aromatic nitrogens is 3. The van der Waals surface area contributed by atoms with E-state index in [1.54, 1.807) is 22.2 Å². The standard InChI is InChI=1S/C19H24N4O3S/c1-12-14(27-11-20-12)5-8-23-10-13(9-21-23)22-15(24)19-7-6-18(4,16(25)26-19)17(19,2)3/h9-11H,5-8H2,1-4H3,(H,22,24)/t18-,19+/m0/s1. The molecular formula is C19H24N4O3S. The van der Waals surface area contributed by atoms with Crippen molar-refractivity contribution in [2.24, 2.45) is 10.8 Å². The molecule has 3 heterocycles. The molecule has 2 aromatic rings. The highest BCUT2D eigenvalue weighted by molar-refractivity contribution is 7.09. The largest absolute Gasteiger partial charge is 0.448 e. The molecule has 0 aromatic carbocycles. The second kappa shape index (κ2) is 5.89. The van der Waals surface area contributed by atoms with Crippen LogP contribution in [0.25, 0.3) is 0 Å². The molecule has 4 rings (SSSR count). The highest BCUT2D eigenvalue weighted by atomic mass is 32.1. The van der Waals surface area contributed by atoms with E-state index in [4.69, 9.17) is 4.74 Å². The summed E-state index contributed by atoms with van der Waals surface area (Å²) < 4.78 is 7.44. The first-order valence-electron chi connectivity index (χ1n) is 9.16. The number of thiazole rings is 1. The quantitative estimate of drug-likeness (QED) is 0.796. The minimum Gasteiger partial charge on any atom is -0.448 e. The predicted octanol–water partition coefficient (Wildman–Crippen LogP) is 2.95. The fraction of sp³-hybridized carbons (Fsp3) is 0.579. The van der Waals surface area contributed by atoms with Crippen LogP contribution >= 0.6 is 11.3 Å². The third kappa shape index (κ3) is 2.46. The van der Waals surface area contributed by atoms with Crippen molar-refractivity contribution in [1.29, 1.82) is 0 Å². The van der Waals surface area contributed by atoms with Crippen LogP contribution in [0.4, 0.5) is 5.69 Å². The van der Waals surface area contributed by atoms with Crippen LogP contribution < -0.4 is 5.32 Å². The lowest BCUT2D eigenvalue weighted by Gasteiger charge is -2.35. The summed E-state index contributed by atoms with van der Waals surface area (Å²) in [7, 11) is 0. The van der Waals surface area contributed by atoms with Gasteiger partial charge in [0.2, 0.25) is 0 Å². The van der Waals surface area contributed by atoms with E-state index in [1.165, 1.54) is 4.88 Å². The van der Waals surface area contributed by atoms with Crippen molar-refractivity contribution >= 4 is 28.9 Å². The molecular weight excluding hydrogens is 364 g/mol. The summed E-state index contributed by atoms with van der Waals surface area (Å²) in [5.74, 6) is -0.538. The Morgan fingerprint density at radius 2 is 2.15 bits per heavy atom. The van der Waals surface area contributed by atoms with E-state index in [0.29, 0.717) is 25.1 Å². The molecule has 144 valence electrons. The van der Waals surface area contributed by atoms with Gasteiger partial charge in [0.05, 0.1) is 28.5 Å². The van der Waals surface area contributed by atoms with Crippen LogP contribution in [0.5, 0.6) is 0 Å². The fourth-order valence-electron chi connectivity index (χ4n) is 4.31. The normalized spacial score (nSPS) is 28.4. The Morgan fingerprint density at radius 1 is 1.37 bits per heavy atom. The molecule has 2 fully saturated rings. The zero-order valence-corrected chi connectivity index (χ0v) is 16.9. The van der Waals surface area contributed by atoms with Crippen LogP contribution in [0.2, 0.25) is 0 Å². The Bertz CT molecular complexity index is 918. The minimum absolute atomic E-state index is 0.264. The smallest absolute Gasteiger partial charge is 0.313 e. The lowest BCUT2D eigenvalue weighted by atomic mass is 9.66. The maximum atomic E-state index is 13.1. The van der Waals surface area contributed by atoms with Crippen molar-refractivity contribution in [3.05, 3.63) is 28.5 Å². The van der Waals surface area contributed by atoms with Crippen LogP contribution in [0.15, 0.2) is 17.9 Å². The molecule has 7 nitrogen and oxygen atoms in total. The first-order valence-corrected chi connectivity index (χ1v) is 10.0. The third-order valence-electron chi connectivity index (χ3n) is 6.75. The molecule has 2 bridgehead atoms. The van der Waals surface area contributed by atoms with Gasteiger partial charge in [0.25, 0.3) is 5.91 Å². The summed E-state index contributed by atoms with van der Waals surface area (Å²) in [6.45, 7) is 8.51. The molecule has 1 saturated carbocycles. The Labute approximate surface area is 162 Å². The number of ether oxygens (including phenoxy) is 1. The molecule has 0 unspecified atom stereocenters. The van der Waals surface area contributed by atoms with E-state index in [9.17, 15) is 9.59 Å². The monoisotopic (exact) mass is 388 g/mol. The Hall–Kier alpha value is -2.22. The lowest BCUT2D eigenvalue weighted by Crippen LogP contribution is -2.50. The van der Waals surface area contributed by atoms with Crippen molar-refractivity contribution in [2.75, 3.05) is 5.32 Å². The molecule has 0 radical (unpaired) electrons. The first kappa shape index (κ1) is 18.2. The average Bonchev–Trinajstić information content (AvgIpc) is 3.30. The number of aryl methyl sites for hydroxylation is 3. The molecule has 1 saturated heterocycles. The molecule has 2 atom stereocenters. The second-order valence-corrected chi connectivity index (χ2v) is 9.17. The number of carbonyl (C=O) groups excluding carboxylic acids is 2. The van der Waals surface area contributed by atoms with Crippen LogP contribution in [-0.4, -0.2) is 32.2 Å². The highest BCUT2D eigenvalue weighted by Gasteiger charge is 2.75. The summed E-state index contributed by atoms with van der Waals surface area (Å²) in [6.07, 6.45) is 5.50. The van der Waals surface area contributed by atoms with Gasteiger partial charge in [-0.15, -0.1) is 11.3 Å². The number of nitrogens with one attached hydrogen (secondary N) is 1. The van der Waals surface area contributed by atoms with Gasteiger partial charge in [0.15, 0.2) is 5.60 Å². The van der Waals surface area contributed by atoms with Crippen molar-refractivity contribution < 1.29 is 14.3 Å². The average molecular weight is 388 g/mol. The Balaban J connectivity index is 1.46. The van der Waals surface area contributed by atoms with E-state index in [-0.39, 0.29) is 11.9 Å². The van der Waals surface area contributed by atoms with Gasteiger partial charge in [0.1, 0.15) is 0 Å². The molecule has 1 aliphatic heterocycles. The Morgan fingerprint density at radius 3 is 2.74 bits per heavy atom. The first-order chi connectivity index (χ1) is 12.7. The third-order valence-corrected chi connectivity index (χ3v) is 7.75. The maximum absolute atomic E-state index is 13.1. The summed E-state index contributed by atoms with van der Waals surface area (Å²) in [6, 6.07) is 0. The number of esters is 1. The predicted molar refractivity (Wildman–Crippen MR) is 101 cm³/mol. The van der Waals surface area contributed by atoms with Gasteiger partial charge in [-0.25, -0.2) is 4.98 Å². The van der Waals surface area contributed by atoms with Crippen molar-refractivity contribution in [1.82, 2.24) is 14.8 Å². The van der Waals surface area contributed by atoms with Crippen LogP contribution in [0.3, 0.4) is 0 Å². The molecule has 27 heavy (non-hydrogen) atoms. The SMILES string of the molecule is Cc1ncsc1CCn1cc(NC(=O)[C@@]23CC[C@@](C)(C(=O)O2)C3(C)C)cn1. The summed E-state index contributed by atoms with van der Waals surface area (Å²) in [5.41, 5.74) is 1.23. The molecule has 1 aliphatic carbocycles. The van der Waals surface area contributed by atoms with Crippen LogP contribution in [-0.2, 0) is 27.3 Å². The lowest BCUT2D eigenvalue weighted by molar-refractivity contribution is -0.165. The summed E-state index contributed by atoms with van der Waals surface area (Å²) >= 11 is 1.64. The highest BCUT2D eigenvalue weighted by Crippen LogP contribution is 2.65. The van der Waals surface area contributed by atoms with Gasteiger partial charge < -0.3 is 10.1 Å². The number of carbonyl (C=O) groups is 2. The van der Waals surface area contributed by atoms with Gasteiger partial charge >= 0.3 is 5.97 Å². The second-order valence-electron chi connectivity index (χ2n) is 8.23. The van der Waals surface area contributed by atoms with Gasteiger partial charge in [-0.3, -0.25) is 14.3 Å². The van der Waals surface area contributed by atoms with E-state index in [2.05, 4.69) is 15.4 Å². The zero-order valence-electron chi connectivity index (χ0n) is 16.0. The van der Waals surface area contributed by atoms with E-state index >= 15 is 0 Å². The zero-order chi connectivity index (χ0) is 19.4. The number of nitrogens with zero attached hydrogens (tertiary/aromatic N) is 3. The number of amides is 1. The fourth-order valence-corrected chi connectivity index (χ4v) is 5.08. The van der Waals surface area contributed by atoms with Crippen molar-refractivity contribution in [3.63, 3.8) is 0 Å². The van der Waals surface area contributed by atoms with Gasteiger partial charge in [0, 0.05) is 29.5 Å². The molecule has 8 heteroatoms. The molecule has 2 aliphatic rings. The summed E-state index contributed by atoms with van der Waals surface area (Å²) in [5, 5.41) is 7.24. The number of rotatable bonds is 5. The van der Waals surface area contributed by atoms with Crippen LogP contribution in [0, 0.1) is 17.8 Å². The van der Waals surface area contributed by atoms with E-state index in [1.807, 2.05) is 39.4 Å². The summed E-state index contributed by atoms with van der Waals surface area (Å²) in [4.78, 5) is 30.9. The van der Waals surface area contributed by atoms with Gasteiger partial charge in [-0.05, 0) is 26.7 Å². The molecule has 0 spiro atoms. The molecule has 1 N–H and O–H groups in total. The van der Waals surface area contributed by atoms with E-state index < -0.39 is 16.4 Å². The maximum Gasteiger partial charge on any atom is 0.313 e. The van der Waals surface area contributed by atoms with Gasteiger partial charge in [-0.1, -0.05) is 13.8 Å². The van der Waals surface area contributed by atoms with Crippen molar-refractivity contribution in [3.8, 4) is 0 Å². The van der Waals surface area contributed by atoms with Crippen molar-refractivity contribution in [2.45, 2.75) is 59.1 Å². The number of hydrogen-bond acceptors (Lipinski definition) is 6.